The predicted molar refractivity (Wildman–Crippen MR) is 226 cm³/mol. The summed E-state index contributed by atoms with van der Waals surface area (Å²) in [6.45, 7) is 31.5. The Balaban J connectivity index is 0.00000231. The minimum atomic E-state index is 0. The van der Waals surface area contributed by atoms with Crippen LogP contribution < -0.4 is 0 Å². The molecule has 0 N–H and O–H groups in total. The van der Waals surface area contributed by atoms with Crippen LogP contribution in [0.2, 0.25) is 0 Å². The molecule has 0 aliphatic heterocycles. The zero-order valence-electron chi connectivity index (χ0n) is 30.5. The molecule has 0 saturated carbocycles. The molecule has 0 saturated heterocycles. The van der Waals surface area contributed by atoms with Crippen LogP contribution in [0.25, 0.3) is 21.9 Å². The van der Waals surface area contributed by atoms with Gasteiger partial charge in [-0.25, -0.2) is 0 Å². The van der Waals surface area contributed by atoms with E-state index < -0.39 is 0 Å². The Morgan fingerprint density at radius 2 is 1.35 bits per heavy atom. The van der Waals surface area contributed by atoms with Gasteiger partial charge in [0, 0.05) is 11.8 Å². The van der Waals surface area contributed by atoms with E-state index in [1.807, 2.05) is 52.8 Å². The number of rotatable bonds is 10. The summed E-state index contributed by atoms with van der Waals surface area (Å²) in [5.41, 5.74) is 9.85. The van der Waals surface area contributed by atoms with Gasteiger partial charge in [-0.15, -0.1) is 6.58 Å². The lowest BCUT2D eigenvalue weighted by Gasteiger charge is -2.27. The van der Waals surface area contributed by atoms with Gasteiger partial charge in [0.05, 0.1) is 0 Å². The summed E-state index contributed by atoms with van der Waals surface area (Å²) in [4.78, 5) is 0. The van der Waals surface area contributed by atoms with Crippen LogP contribution in [0.4, 0.5) is 0 Å². The van der Waals surface area contributed by atoms with Crippen molar-refractivity contribution in [2.24, 2.45) is 11.8 Å². The second kappa shape index (κ2) is 22.6. The maximum absolute atomic E-state index is 4.57. The molecule has 0 bridgehead atoms. The third kappa shape index (κ3) is 11.9. The van der Waals surface area contributed by atoms with E-state index in [9.17, 15) is 0 Å². The van der Waals surface area contributed by atoms with E-state index in [2.05, 4.69) is 162 Å². The van der Waals surface area contributed by atoms with E-state index >= 15 is 0 Å². The number of allylic oxidation sites excluding steroid dienone is 20. The number of aryl methyl sites for hydroxylation is 2. The van der Waals surface area contributed by atoms with Crippen LogP contribution in [0.1, 0.15) is 70.7 Å². The summed E-state index contributed by atoms with van der Waals surface area (Å²) >= 11 is 0. The van der Waals surface area contributed by atoms with Crippen molar-refractivity contribution in [2.75, 3.05) is 0 Å². The molecule has 4 rings (SSSR count). The van der Waals surface area contributed by atoms with E-state index in [4.69, 9.17) is 0 Å². The van der Waals surface area contributed by atoms with Crippen LogP contribution >= 0.6 is 0 Å². The Hall–Kier alpha value is -4.94. The maximum atomic E-state index is 4.57. The fourth-order valence-corrected chi connectivity index (χ4v) is 5.67. The van der Waals surface area contributed by atoms with E-state index in [1.54, 1.807) is 0 Å². The summed E-state index contributed by atoms with van der Waals surface area (Å²) in [6.07, 6.45) is 32.8. The van der Waals surface area contributed by atoms with Gasteiger partial charge in [0.1, 0.15) is 0 Å². The molecule has 0 heterocycles. The van der Waals surface area contributed by atoms with E-state index in [-0.39, 0.29) is 7.43 Å². The minimum Gasteiger partial charge on any atom is -0.103 e. The summed E-state index contributed by atoms with van der Waals surface area (Å²) in [7, 11) is 0. The Bertz CT molecular complexity index is 1770. The first-order valence-electron chi connectivity index (χ1n) is 17.3. The highest BCUT2D eigenvalue weighted by atomic mass is 14.3. The molecule has 2 atom stereocenters. The predicted octanol–water partition coefficient (Wildman–Crippen LogP) is 14.9. The van der Waals surface area contributed by atoms with Crippen LogP contribution in [0.3, 0.4) is 0 Å². The molecule has 256 valence electrons. The normalized spacial score (nSPS) is 16.1. The third-order valence-corrected chi connectivity index (χ3v) is 7.99. The number of hydrogen-bond acceptors (Lipinski definition) is 0. The fraction of sp³-hybridized carbons (Fsp3) is 0.224. The summed E-state index contributed by atoms with van der Waals surface area (Å²) < 4.78 is 0. The fourth-order valence-electron chi connectivity index (χ4n) is 5.67. The van der Waals surface area contributed by atoms with Crippen LogP contribution in [-0.4, -0.2) is 0 Å². The van der Waals surface area contributed by atoms with Gasteiger partial charge < -0.3 is 0 Å². The van der Waals surface area contributed by atoms with Crippen molar-refractivity contribution in [1.82, 2.24) is 0 Å². The van der Waals surface area contributed by atoms with E-state index in [0.29, 0.717) is 11.8 Å². The highest BCUT2D eigenvalue weighted by Gasteiger charge is 2.23. The average molecular weight is 649 g/mol. The molecule has 2 aliphatic rings. The lowest BCUT2D eigenvalue weighted by Crippen LogP contribution is -2.16. The monoisotopic (exact) mass is 648 g/mol. The van der Waals surface area contributed by atoms with E-state index in [0.717, 1.165) is 50.6 Å². The molecule has 0 aromatic heterocycles. The second-order valence-electron chi connectivity index (χ2n) is 11.3. The van der Waals surface area contributed by atoms with Gasteiger partial charge in [-0.1, -0.05) is 200 Å². The second-order valence-corrected chi connectivity index (χ2v) is 11.3. The first-order chi connectivity index (χ1) is 23.3. The summed E-state index contributed by atoms with van der Waals surface area (Å²) in [5, 5.41) is 2.29. The van der Waals surface area contributed by atoms with Gasteiger partial charge in [-0.05, 0) is 82.5 Å². The quantitative estimate of drug-likeness (QED) is 0.178. The average Bonchev–Trinajstić information content (AvgIpc) is 3.12. The Labute approximate surface area is 300 Å². The first-order valence-corrected chi connectivity index (χ1v) is 17.3. The lowest BCUT2D eigenvalue weighted by atomic mass is 9.77. The van der Waals surface area contributed by atoms with Crippen molar-refractivity contribution in [3.05, 3.63) is 205 Å². The third-order valence-electron chi connectivity index (χ3n) is 7.99. The van der Waals surface area contributed by atoms with Crippen LogP contribution in [0.5, 0.6) is 0 Å². The van der Waals surface area contributed by atoms with Crippen molar-refractivity contribution in [2.45, 2.75) is 62.3 Å². The smallest absolute Gasteiger partial charge is 0.0125 e. The van der Waals surface area contributed by atoms with Crippen LogP contribution in [0, 0.1) is 25.7 Å². The largest absolute Gasteiger partial charge is 0.103 e. The molecular formula is C49H60. The summed E-state index contributed by atoms with van der Waals surface area (Å²) in [5.74, 6) is 0.693. The lowest BCUT2D eigenvalue weighted by molar-refractivity contribution is 0.632. The Morgan fingerprint density at radius 3 is 2.04 bits per heavy atom. The number of fused-ring (bicyclic) bond motifs is 2. The van der Waals surface area contributed by atoms with Crippen molar-refractivity contribution >= 4 is 21.9 Å². The van der Waals surface area contributed by atoms with Gasteiger partial charge in [0.2, 0.25) is 0 Å². The van der Waals surface area contributed by atoms with Gasteiger partial charge in [-0.2, -0.15) is 0 Å². The summed E-state index contributed by atoms with van der Waals surface area (Å²) in [6, 6.07) is 17.4. The molecule has 2 aromatic rings. The molecule has 2 unspecified atom stereocenters. The zero-order valence-corrected chi connectivity index (χ0v) is 30.5. The standard InChI is InChI=1S/C44H44.2C2H6.CH4/c1-8-10-17-38(30-25-32(3)16-9-2)44-36(7)27-24-33(4)26-31-40(42-21-13-14-22-43(42)44)35(6)29-28-34(5)39-23-15-19-37-18-11-12-20-41(37)39;2*1-2;/h8-9,11-31,37,41H,1,3,5-6,10H2,2,4,7H3;2*1-2H3;1H4/b16-9-,27-24?,29-28-,30-25-,31-26?,33-24?,33-26?,36-27?,38-17+,40-31?,42-40?,44-36?,44-43?;;;. The SMILES string of the molecule is C.C=CC/C=C(\C=C/C(=C)/C=C\C)c1c(C)ccc(C)ccc(C(=C)/C=C\C(=C)C2=CC=CC3C=CC=CC23)c2ccccc12.CC.CC. The molecule has 49 heavy (non-hydrogen) atoms. The van der Waals surface area contributed by atoms with Crippen LogP contribution in [-0.2, 0) is 0 Å². The molecule has 0 radical (unpaired) electrons. The molecule has 0 amide bonds. The van der Waals surface area contributed by atoms with Crippen LogP contribution in [0.15, 0.2) is 183 Å². The Morgan fingerprint density at radius 1 is 0.714 bits per heavy atom. The van der Waals surface area contributed by atoms with Crippen molar-refractivity contribution in [1.29, 1.82) is 0 Å². The zero-order chi connectivity index (χ0) is 35.5. The van der Waals surface area contributed by atoms with Crippen molar-refractivity contribution in [3.63, 3.8) is 0 Å². The first kappa shape index (κ1) is 42.1. The van der Waals surface area contributed by atoms with Gasteiger partial charge in [0.15, 0.2) is 0 Å². The van der Waals surface area contributed by atoms with Gasteiger partial charge >= 0.3 is 0 Å². The molecule has 0 heteroatoms. The molecule has 0 nitrogen and oxygen atoms in total. The van der Waals surface area contributed by atoms with E-state index in [1.165, 1.54) is 16.7 Å². The molecule has 0 spiro atoms. The van der Waals surface area contributed by atoms with Crippen molar-refractivity contribution < 1.29 is 0 Å². The topological polar surface area (TPSA) is 0 Å². The molecular weight excluding hydrogens is 589 g/mol. The highest BCUT2D eigenvalue weighted by Crippen LogP contribution is 2.36. The Kier molecular flexibility index (Phi) is 19.4. The molecule has 2 aliphatic carbocycles. The van der Waals surface area contributed by atoms with Crippen molar-refractivity contribution in [3.8, 4) is 0 Å². The maximum Gasteiger partial charge on any atom is 0.0125 e. The highest BCUT2D eigenvalue weighted by molar-refractivity contribution is 6.02. The minimum absolute atomic E-state index is 0. The molecule has 2 aromatic carbocycles. The van der Waals surface area contributed by atoms with Gasteiger partial charge in [0.25, 0.3) is 0 Å². The number of hydrogen-bond donors (Lipinski definition) is 0. The molecule has 0 fully saturated rings. The number of benzene rings is 1. The van der Waals surface area contributed by atoms with Gasteiger partial charge in [-0.3, -0.25) is 0 Å².